The number of piperazine rings is 1. The smallest absolute Gasteiger partial charge is 0.336 e. The van der Waals surface area contributed by atoms with Crippen molar-refractivity contribution in [1.82, 2.24) is 0 Å². The zero-order valence-corrected chi connectivity index (χ0v) is 15.8. The van der Waals surface area contributed by atoms with Gasteiger partial charge in [-0.1, -0.05) is 18.2 Å². The van der Waals surface area contributed by atoms with Crippen LogP contribution in [-0.4, -0.2) is 33.3 Å². The molecule has 0 atom stereocenters. The van der Waals surface area contributed by atoms with Crippen molar-refractivity contribution < 1.29 is 14.1 Å². The molecule has 1 N–H and O–H groups in total. The second kappa shape index (κ2) is 7.45. The number of ether oxygens (including phenoxy) is 1. The first-order chi connectivity index (χ1) is 13.1. The summed E-state index contributed by atoms with van der Waals surface area (Å²) in [6.45, 7) is 7.13. The van der Waals surface area contributed by atoms with Crippen molar-refractivity contribution in [2.75, 3.05) is 38.2 Å². The van der Waals surface area contributed by atoms with Gasteiger partial charge in [0.25, 0.3) is 0 Å². The standard InChI is InChI=1S/C22H24N2O3/c1-16-5-3-4-6-20(16)24-11-9-23(10-12-24)15-17-13-22(25)27-21-14-18(26-2)7-8-19(17)21/h3-8,13-14H,9-12,15H2,1-2H3/p+1. The summed E-state index contributed by atoms with van der Waals surface area (Å²) >= 11 is 0. The summed E-state index contributed by atoms with van der Waals surface area (Å²) in [5.74, 6) is 0.696. The highest BCUT2D eigenvalue weighted by Gasteiger charge is 2.22. The molecule has 1 aliphatic rings. The molecule has 0 saturated carbocycles. The highest BCUT2D eigenvalue weighted by molar-refractivity contribution is 5.81. The van der Waals surface area contributed by atoms with Gasteiger partial charge in [-0.25, -0.2) is 4.79 Å². The first-order valence-corrected chi connectivity index (χ1v) is 9.39. The molecule has 3 aromatic rings. The summed E-state index contributed by atoms with van der Waals surface area (Å²) in [4.78, 5) is 15.9. The minimum atomic E-state index is -0.302. The van der Waals surface area contributed by atoms with Crippen LogP contribution >= 0.6 is 0 Å². The fraction of sp³-hybridized carbons (Fsp3) is 0.318. The Kier molecular flexibility index (Phi) is 4.86. The van der Waals surface area contributed by atoms with Crippen LogP contribution in [0.2, 0.25) is 0 Å². The lowest BCUT2D eigenvalue weighted by molar-refractivity contribution is -0.914. The number of rotatable bonds is 4. The van der Waals surface area contributed by atoms with E-state index >= 15 is 0 Å². The molecule has 5 nitrogen and oxygen atoms in total. The molecule has 0 spiro atoms. The summed E-state index contributed by atoms with van der Waals surface area (Å²) in [5.41, 5.74) is 3.98. The van der Waals surface area contributed by atoms with E-state index in [0.29, 0.717) is 11.3 Å². The summed E-state index contributed by atoms with van der Waals surface area (Å²) < 4.78 is 10.6. The van der Waals surface area contributed by atoms with Crippen LogP contribution in [0.4, 0.5) is 5.69 Å². The van der Waals surface area contributed by atoms with Gasteiger partial charge >= 0.3 is 5.63 Å². The van der Waals surface area contributed by atoms with E-state index < -0.39 is 0 Å². The van der Waals surface area contributed by atoms with E-state index in [-0.39, 0.29) is 5.63 Å². The Morgan fingerprint density at radius 3 is 2.63 bits per heavy atom. The third-order valence-electron chi connectivity index (χ3n) is 5.40. The van der Waals surface area contributed by atoms with Crippen LogP contribution in [0.15, 0.2) is 57.7 Å². The van der Waals surface area contributed by atoms with Gasteiger partial charge in [0.05, 0.1) is 33.3 Å². The van der Waals surface area contributed by atoms with Gasteiger partial charge in [0.1, 0.15) is 17.9 Å². The molecule has 5 heteroatoms. The van der Waals surface area contributed by atoms with E-state index in [2.05, 4.69) is 36.1 Å². The van der Waals surface area contributed by atoms with Crippen LogP contribution < -0.4 is 20.2 Å². The zero-order chi connectivity index (χ0) is 18.8. The molecule has 1 aromatic heterocycles. The molecule has 140 valence electrons. The molecule has 1 saturated heterocycles. The number of methoxy groups -OCH3 is 1. The van der Waals surface area contributed by atoms with Crippen molar-refractivity contribution in [3.8, 4) is 5.75 Å². The molecule has 0 radical (unpaired) electrons. The first kappa shape index (κ1) is 17.6. The van der Waals surface area contributed by atoms with Gasteiger partial charge in [-0.15, -0.1) is 0 Å². The monoisotopic (exact) mass is 365 g/mol. The maximum atomic E-state index is 12.0. The molecule has 1 aliphatic heterocycles. The molecular weight excluding hydrogens is 340 g/mol. The van der Waals surface area contributed by atoms with Gasteiger partial charge in [-0.05, 0) is 30.7 Å². The zero-order valence-electron chi connectivity index (χ0n) is 15.8. The van der Waals surface area contributed by atoms with Gasteiger partial charge < -0.3 is 19.0 Å². The van der Waals surface area contributed by atoms with Crippen LogP contribution in [0.25, 0.3) is 11.0 Å². The van der Waals surface area contributed by atoms with Crippen LogP contribution in [0, 0.1) is 6.92 Å². The minimum Gasteiger partial charge on any atom is -0.497 e. The molecule has 0 amide bonds. The predicted molar refractivity (Wildman–Crippen MR) is 107 cm³/mol. The molecule has 2 heterocycles. The van der Waals surface area contributed by atoms with Gasteiger partial charge in [0.15, 0.2) is 0 Å². The summed E-state index contributed by atoms with van der Waals surface area (Å²) in [6, 6.07) is 15.9. The van der Waals surface area contributed by atoms with E-state index in [0.717, 1.165) is 43.7 Å². The van der Waals surface area contributed by atoms with Gasteiger partial charge in [-0.3, -0.25) is 0 Å². The largest absolute Gasteiger partial charge is 0.497 e. The lowest BCUT2D eigenvalue weighted by Gasteiger charge is -2.34. The minimum absolute atomic E-state index is 0.302. The topological polar surface area (TPSA) is 47.1 Å². The maximum Gasteiger partial charge on any atom is 0.336 e. The number of aryl methyl sites for hydroxylation is 1. The van der Waals surface area contributed by atoms with Crippen molar-refractivity contribution in [3.05, 3.63) is 70.1 Å². The number of hydrogen-bond donors (Lipinski definition) is 1. The lowest BCUT2D eigenvalue weighted by atomic mass is 10.1. The number of fused-ring (bicyclic) bond motifs is 1. The van der Waals surface area contributed by atoms with Gasteiger partial charge in [0.2, 0.25) is 0 Å². The molecule has 1 fully saturated rings. The number of nitrogens with zero attached hydrogens (tertiary/aromatic N) is 1. The number of quaternary nitrogens is 1. The molecule has 27 heavy (non-hydrogen) atoms. The molecule has 0 bridgehead atoms. The first-order valence-electron chi connectivity index (χ1n) is 9.39. The fourth-order valence-electron chi connectivity index (χ4n) is 3.91. The number of benzene rings is 2. The lowest BCUT2D eigenvalue weighted by Crippen LogP contribution is -3.13. The van der Waals surface area contributed by atoms with Crippen LogP contribution in [0.5, 0.6) is 5.75 Å². The third kappa shape index (κ3) is 3.69. The summed E-state index contributed by atoms with van der Waals surface area (Å²) in [5, 5.41) is 0.990. The van der Waals surface area contributed by atoms with Crippen molar-refractivity contribution in [2.24, 2.45) is 0 Å². The molecule has 0 unspecified atom stereocenters. The number of para-hydroxylation sites is 1. The Hall–Kier alpha value is -2.79. The van der Waals surface area contributed by atoms with Crippen molar-refractivity contribution >= 4 is 16.7 Å². The Balaban J connectivity index is 1.51. The Labute approximate surface area is 158 Å². The molecule has 2 aromatic carbocycles. The van der Waals surface area contributed by atoms with Gasteiger partial charge in [-0.2, -0.15) is 0 Å². The van der Waals surface area contributed by atoms with Gasteiger partial charge in [0, 0.05) is 28.8 Å². The molecule has 4 rings (SSSR count). The number of anilines is 1. The quantitative estimate of drug-likeness (QED) is 0.719. The molecular formula is C22H25N2O3+. The van der Waals surface area contributed by atoms with E-state index in [1.807, 2.05) is 12.1 Å². The van der Waals surface area contributed by atoms with Crippen molar-refractivity contribution in [1.29, 1.82) is 0 Å². The Morgan fingerprint density at radius 2 is 1.89 bits per heavy atom. The van der Waals surface area contributed by atoms with Crippen LogP contribution in [0.3, 0.4) is 0 Å². The maximum absolute atomic E-state index is 12.0. The number of nitrogens with one attached hydrogen (secondary N) is 1. The third-order valence-corrected chi connectivity index (χ3v) is 5.40. The molecule has 0 aliphatic carbocycles. The van der Waals surface area contributed by atoms with Crippen LogP contribution in [0.1, 0.15) is 11.1 Å². The Morgan fingerprint density at radius 1 is 1.11 bits per heavy atom. The normalized spacial score (nSPS) is 15.3. The second-order valence-corrected chi connectivity index (χ2v) is 7.15. The van der Waals surface area contributed by atoms with Crippen molar-refractivity contribution in [2.45, 2.75) is 13.5 Å². The fourth-order valence-corrected chi connectivity index (χ4v) is 3.91. The van der Waals surface area contributed by atoms with E-state index in [4.69, 9.17) is 9.15 Å². The SMILES string of the molecule is COc1ccc2c(C[NH+]3CCN(c4ccccc4C)CC3)cc(=O)oc2c1. The average Bonchev–Trinajstić information content (AvgIpc) is 2.68. The van der Waals surface area contributed by atoms with E-state index in [1.54, 1.807) is 19.2 Å². The highest BCUT2D eigenvalue weighted by atomic mass is 16.5. The number of hydrogen-bond acceptors (Lipinski definition) is 4. The van der Waals surface area contributed by atoms with E-state index in [9.17, 15) is 4.79 Å². The average molecular weight is 365 g/mol. The van der Waals surface area contributed by atoms with Crippen LogP contribution in [-0.2, 0) is 6.54 Å². The summed E-state index contributed by atoms with van der Waals surface area (Å²) in [7, 11) is 1.61. The van der Waals surface area contributed by atoms with Crippen molar-refractivity contribution in [3.63, 3.8) is 0 Å². The van der Waals surface area contributed by atoms with E-state index in [1.165, 1.54) is 16.2 Å². The summed E-state index contributed by atoms with van der Waals surface area (Å²) in [6.07, 6.45) is 0. The Bertz CT molecular complexity index is 1000. The predicted octanol–water partition coefficient (Wildman–Crippen LogP) is 2.02. The highest BCUT2D eigenvalue weighted by Crippen LogP contribution is 2.22. The second-order valence-electron chi connectivity index (χ2n) is 7.15.